The van der Waals surface area contributed by atoms with Gasteiger partial charge in [0.2, 0.25) is 0 Å². The van der Waals surface area contributed by atoms with Crippen LogP contribution in [0.15, 0.2) is 65.7 Å². The summed E-state index contributed by atoms with van der Waals surface area (Å²) >= 11 is 1.42. The lowest BCUT2D eigenvalue weighted by Gasteiger charge is -2.46. The fourth-order valence-electron chi connectivity index (χ4n) is 4.08. The summed E-state index contributed by atoms with van der Waals surface area (Å²) in [5.41, 5.74) is -0.272. The van der Waals surface area contributed by atoms with Gasteiger partial charge in [-0.1, -0.05) is 48.2 Å². The minimum Gasteiger partial charge on any atom is -0.381 e. The fraction of sp³-hybridized carbons (Fsp3) is 0.333. The van der Waals surface area contributed by atoms with E-state index in [1.165, 1.54) is 23.9 Å². The molecule has 168 valence electrons. The summed E-state index contributed by atoms with van der Waals surface area (Å²) in [5, 5.41) is 3.24. The van der Waals surface area contributed by atoms with Crippen molar-refractivity contribution in [3.8, 4) is 0 Å². The van der Waals surface area contributed by atoms with Crippen molar-refractivity contribution in [1.82, 2.24) is 5.32 Å². The van der Waals surface area contributed by atoms with Crippen LogP contribution in [0.25, 0.3) is 0 Å². The Labute approximate surface area is 189 Å². The predicted molar refractivity (Wildman–Crippen MR) is 121 cm³/mol. The van der Waals surface area contributed by atoms with Crippen LogP contribution < -0.4 is 5.32 Å². The average Bonchev–Trinajstić information content (AvgIpc) is 2.80. The lowest BCUT2D eigenvalue weighted by atomic mass is 9.75. The smallest absolute Gasteiger partial charge is 0.257 e. The molecule has 0 saturated carbocycles. The number of carbonyl (C=O) groups excluding carboxylic acids is 1. The number of amidine groups is 1. The van der Waals surface area contributed by atoms with Gasteiger partial charge in [0.25, 0.3) is 5.91 Å². The Balaban J connectivity index is 1.65. The molecule has 8 heteroatoms. The van der Waals surface area contributed by atoms with Gasteiger partial charge in [0, 0.05) is 36.0 Å². The van der Waals surface area contributed by atoms with Crippen LogP contribution in [0.4, 0.5) is 8.78 Å². The second-order valence-electron chi connectivity index (χ2n) is 7.76. The van der Waals surface area contributed by atoms with Crippen LogP contribution in [-0.2, 0) is 15.0 Å². The lowest BCUT2D eigenvalue weighted by Crippen LogP contribution is -2.51. The van der Waals surface area contributed by atoms with E-state index >= 15 is 0 Å². The van der Waals surface area contributed by atoms with Crippen molar-refractivity contribution in [3.05, 3.63) is 83.4 Å². The number of carbonyl (C=O) groups is 1. The third kappa shape index (κ3) is 4.77. The maximum absolute atomic E-state index is 14.9. The Bertz CT molecular complexity index is 1030. The molecule has 2 aromatic rings. The highest BCUT2D eigenvalue weighted by atomic mass is 32.2. The number of aliphatic imine (C=N–C) groups is 1. The first-order chi connectivity index (χ1) is 15.5. The van der Waals surface area contributed by atoms with E-state index in [0.717, 1.165) is 6.07 Å². The molecule has 1 fully saturated rings. The molecule has 2 aliphatic rings. The number of nitrogens with zero attached hydrogens (tertiary/aromatic N) is 1. The summed E-state index contributed by atoms with van der Waals surface area (Å²) in [4.78, 5) is 17.4. The average molecular weight is 459 g/mol. The molecule has 0 aromatic heterocycles. The van der Waals surface area contributed by atoms with Gasteiger partial charge < -0.3 is 14.8 Å². The summed E-state index contributed by atoms with van der Waals surface area (Å²) in [6, 6.07) is 12.3. The standard InChI is InChI=1S/C24H24F2N2O3S/c1-30-11-5-8-19-12-17-14-32-23(27-22(29)16-6-3-2-4-7-16)28-24(17,15-31-19)20-10-9-18(25)13-21(20)26/h2-10,13,17,19H,11-12,14-15H2,1H3,(H,27,28,29)/t17-,19-,24-/m0/s1. The quantitative estimate of drug-likeness (QED) is 0.679. The van der Waals surface area contributed by atoms with Crippen molar-refractivity contribution in [3.63, 3.8) is 0 Å². The third-order valence-electron chi connectivity index (χ3n) is 5.70. The fourth-order valence-corrected chi connectivity index (χ4v) is 5.24. The van der Waals surface area contributed by atoms with Gasteiger partial charge in [-0.05, 0) is 24.6 Å². The summed E-state index contributed by atoms with van der Waals surface area (Å²) in [5.74, 6) is -1.06. The number of hydrogen-bond donors (Lipinski definition) is 1. The minimum atomic E-state index is -1.05. The van der Waals surface area contributed by atoms with Crippen LogP contribution in [-0.4, -0.2) is 43.3 Å². The molecule has 3 atom stereocenters. The Hall–Kier alpha value is -2.55. The molecule has 4 rings (SSSR count). The molecule has 0 radical (unpaired) electrons. The molecule has 2 heterocycles. The van der Waals surface area contributed by atoms with E-state index in [4.69, 9.17) is 14.5 Å². The van der Waals surface area contributed by atoms with Crippen LogP contribution in [0.1, 0.15) is 22.3 Å². The molecule has 0 spiro atoms. The lowest BCUT2D eigenvalue weighted by molar-refractivity contribution is -0.0346. The van der Waals surface area contributed by atoms with E-state index in [1.54, 1.807) is 31.4 Å². The van der Waals surface area contributed by atoms with Gasteiger partial charge >= 0.3 is 0 Å². The van der Waals surface area contributed by atoms with Crippen LogP contribution in [0.2, 0.25) is 0 Å². The molecular formula is C24H24F2N2O3S. The SMILES string of the molecule is COCC=C[C@H]1C[C@H]2CSC(NC(=O)c3ccccc3)=N[C@@]2(c2ccc(F)cc2F)CO1. The second kappa shape index (κ2) is 9.94. The first kappa shape index (κ1) is 22.6. The van der Waals surface area contributed by atoms with Crippen molar-refractivity contribution in [2.45, 2.75) is 18.1 Å². The number of benzene rings is 2. The monoisotopic (exact) mass is 458 g/mol. The first-order valence-electron chi connectivity index (χ1n) is 10.3. The maximum atomic E-state index is 14.9. The number of hydrogen-bond acceptors (Lipinski definition) is 5. The highest BCUT2D eigenvalue weighted by molar-refractivity contribution is 8.13. The summed E-state index contributed by atoms with van der Waals surface area (Å²) in [7, 11) is 1.62. The highest BCUT2D eigenvalue weighted by Gasteiger charge is 2.49. The van der Waals surface area contributed by atoms with Crippen molar-refractivity contribution in [1.29, 1.82) is 0 Å². The van der Waals surface area contributed by atoms with Gasteiger partial charge in [-0.3, -0.25) is 4.79 Å². The zero-order chi connectivity index (χ0) is 22.6. The molecule has 0 bridgehead atoms. The van der Waals surface area contributed by atoms with E-state index in [-0.39, 0.29) is 30.1 Å². The van der Waals surface area contributed by atoms with Crippen molar-refractivity contribution in [2.75, 3.05) is 26.1 Å². The van der Waals surface area contributed by atoms with Crippen LogP contribution in [0.3, 0.4) is 0 Å². The topological polar surface area (TPSA) is 59.9 Å². The van der Waals surface area contributed by atoms with E-state index in [1.807, 2.05) is 18.2 Å². The number of halogens is 2. The number of nitrogens with one attached hydrogen (secondary N) is 1. The zero-order valence-corrected chi connectivity index (χ0v) is 18.4. The number of fused-ring (bicyclic) bond motifs is 1. The maximum Gasteiger partial charge on any atom is 0.257 e. The second-order valence-corrected chi connectivity index (χ2v) is 8.77. The van der Waals surface area contributed by atoms with Gasteiger partial charge in [-0.2, -0.15) is 0 Å². The molecular weight excluding hydrogens is 434 g/mol. The zero-order valence-electron chi connectivity index (χ0n) is 17.6. The Morgan fingerprint density at radius 1 is 1.31 bits per heavy atom. The molecule has 1 saturated heterocycles. The van der Waals surface area contributed by atoms with Gasteiger partial charge in [0.05, 0.1) is 19.3 Å². The summed E-state index contributed by atoms with van der Waals surface area (Å²) in [6.07, 6.45) is 4.30. The number of amides is 1. The third-order valence-corrected chi connectivity index (χ3v) is 6.74. The van der Waals surface area contributed by atoms with Crippen molar-refractivity contribution < 1.29 is 23.0 Å². The molecule has 0 aliphatic carbocycles. The molecule has 2 aromatic carbocycles. The number of thioether (sulfide) groups is 1. The van der Waals surface area contributed by atoms with Crippen LogP contribution in [0, 0.1) is 17.6 Å². The molecule has 32 heavy (non-hydrogen) atoms. The minimum absolute atomic E-state index is 0.0595. The van der Waals surface area contributed by atoms with E-state index in [0.29, 0.717) is 29.5 Å². The normalized spacial score (nSPS) is 25.3. The predicted octanol–water partition coefficient (Wildman–Crippen LogP) is 4.30. The largest absolute Gasteiger partial charge is 0.381 e. The van der Waals surface area contributed by atoms with E-state index < -0.39 is 17.2 Å². The van der Waals surface area contributed by atoms with Crippen LogP contribution in [0.5, 0.6) is 0 Å². The van der Waals surface area contributed by atoms with Crippen molar-refractivity contribution in [2.24, 2.45) is 10.9 Å². The molecule has 2 aliphatic heterocycles. The summed E-state index contributed by atoms with van der Waals surface area (Å²) in [6.45, 7) is 0.596. The van der Waals surface area contributed by atoms with Gasteiger partial charge in [-0.15, -0.1) is 0 Å². The molecule has 1 amide bonds. The number of ether oxygens (including phenoxy) is 2. The Morgan fingerprint density at radius 3 is 2.88 bits per heavy atom. The highest BCUT2D eigenvalue weighted by Crippen LogP contribution is 2.47. The first-order valence-corrected chi connectivity index (χ1v) is 11.3. The number of methoxy groups -OCH3 is 1. The Kier molecular flexibility index (Phi) is 7.03. The van der Waals surface area contributed by atoms with Gasteiger partial charge in [-0.25, -0.2) is 13.8 Å². The van der Waals surface area contributed by atoms with Gasteiger partial charge in [0.15, 0.2) is 5.17 Å². The van der Waals surface area contributed by atoms with Gasteiger partial charge in [0.1, 0.15) is 17.2 Å². The number of rotatable bonds is 5. The molecule has 0 unspecified atom stereocenters. The molecule has 1 N–H and O–H groups in total. The van der Waals surface area contributed by atoms with E-state index in [2.05, 4.69) is 5.32 Å². The molecule has 5 nitrogen and oxygen atoms in total. The Morgan fingerprint density at radius 2 is 2.12 bits per heavy atom. The van der Waals surface area contributed by atoms with E-state index in [9.17, 15) is 13.6 Å². The van der Waals surface area contributed by atoms with Crippen molar-refractivity contribution >= 4 is 22.8 Å². The van der Waals surface area contributed by atoms with Crippen LogP contribution >= 0.6 is 11.8 Å². The summed E-state index contributed by atoms with van der Waals surface area (Å²) < 4.78 is 39.6.